The number of benzene rings is 2. The van der Waals surface area contributed by atoms with Crippen molar-refractivity contribution in [2.45, 2.75) is 6.92 Å². The molecule has 0 aliphatic rings. The number of pyridine rings is 1. The monoisotopic (exact) mass is 439 g/mol. The molecule has 0 bridgehead atoms. The Hall–Kier alpha value is -4.64. The number of carbonyl (C=O) groups excluding carboxylic acids is 1. The molecule has 0 aliphatic carbocycles. The Balaban J connectivity index is 1.57. The fourth-order valence-electron chi connectivity index (χ4n) is 3.13. The van der Waals surface area contributed by atoms with Crippen molar-refractivity contribution in [2.75, 3.05) is 17.3 Å². The Kier molecular flexibility index (Phi) is 6.04. The molecule has 1 amide bonds. The summed E-state index contributed by atoms with van der Waals surface area (Å²) in [5.41, 5.74) is 2.07. The van der Waals surface area contributed by atoms with Crippen molar-refractivity contribution >= 4 is 34.0 Å². The summed E-state index contributed by atoms with van der Waals surface area (Å²) in [7, 11) is 3.35. The van der Waals surface area contributed by atoms with Crippen molar-refractivity contribution in [3.63, 3.8) is 0 Å². The standard InChI is InChI=1S/C25H21N5O3/c1-4-5-23(31)30(3)18-8-11-22-21(14-18)25(27-16-26-22)28-17-6-9-19(10-7-17)33-20-12-13-29(2)24(32)15-20/h6-16H,1-3H3,(H,26,27,28). The molecule has 0 saturated carbocycles. The lowest BCUT2D eigenvalue weighted by Gasteiger charge is -2.16. The van der Waals surface area contributed by atoms with Gasteiger partial charge < -0.3 is 19.5 Å². The number of aromatic nitrogens is 3. The molecule has 0 unspecified atom stereocenters. The number of aryl methyl sites for hydroxylation is 1. The summed E-state index contributed by atoms with van der Waals surface area (Å²) in [5.74, 6) is 6.53. The van der Waals surface area contributed by atoms with Gasteiger partial charge in [0.2, 0.25) is 0 Å². The quantitative estimate of drug-likeness (QED) is 0.475. The molecule has 8 nitrogen and oxygen atoms in total. The zero-order valence-corrected chi connectivity index (χ0v) is 18.4. The van der Waals surface area contributed by atoms with Crippen molar-refractivity contribution in [2.24, 2.45) is 7.05 Å². The topological polar surface area (TPSA) is 89.3 Å². The number of nitrogens with zero attached hydrogens (tertiary/aromatic N) is 4. The van der Waals surface area contributed by atoms with Crippen molar-refractivity contribution in [3.05, 3.63) is 77.5 Å². The van der Waals surface area contributed by atoms with E-state index < -0.39 is 0 Å². The SMILES string of the molecule is CC#CC(=O)N(C)c1ccc2ncnc(Nc3ccc(Oc4ccn(C)c(=O)c4)cc3)c2c1. The highest BCUT2D eigenvalue weighted by Crippen LogP contribution is 2.28. The van der Waals surface area contributed by atoms with E-state index in [0.29, 0.717) is 23.0 Å². The molecular formula is C25H21N5O3. The van der Waals surface area contributed by atoms with Crippen LogP contribution in [0.15, 0.2) is 71.9 Å². The van der Waals surface area contributed by atoms with Gasteiger partial charge in [0.15, 0.2) is 0 Å². The fourth-order valence-corrected chi connectivity index (χ4v) is 3.13. The van der Waals surface area contributed by atoms with Crippen molar-refractivity contribution in [1.29, 1.82) is 0 Å². The molecule has 1 N–H and O–H groups in total. The van der Waals surface area contributed by atoms with Crippen LogP contribution in [0.25, 0.3) is 10.9 Å². The van der Waals surface area contributed by atoms with E-state index >= 15 is 0 Å². The van der Waals surface area contributed by atoms with Crippen molar-refractivity contribution in [3.8, 4) is 23.3 Å². The average molecular weight is 439 g/mol. The number of rotatable bonds is 5. The van der Waals surface area contributed by atoms with Crippen LogP contribution in [-0.2, 0) is 11.8 Å². The number of nitrogens with one attached hydrogen (secondary N) is 1. The maximum Gasteiger partial charge on any atom is 0.302 e. The summed E-state index contributed by atoms with van der Waals surface area (Å²) in [6.07, 6.45) is 3.14. The molecule has 8 heteroatoms. The van der Waals surface area contributed by atoms with Crippen LogP contribution < -0.4 is 20.5 Å². The van der Waals surface area contributed by atoms with E-state index in [9.17, 15) is 9.59 Å². The predicted molar refractivity (Wildman–Crippen MR) is 128 cm³/mol. The smallest absolute Gasteiger partial charge is 0.302 e. The molecular weight excluding hydrogens is 418 g/mol. The lowest BCUT2D eigenvalue weighted by Crippen LogP contribution is -2.24. The fraction of sp³-hybridized carbons (Fsp3) is 0.120. The number of ether oxygens (including phenoxy) is 1. The number of amides is 1. The Morgan fingerprint density at radius 3 is 2.58 bits per heavy atom. The maximum atomic E-state index is 12.1. The van der Waals surface area contributed by atoms with E-state index in [-0.39, 0.29) is 11.5 Å². The van der Waals surface area contributed by atoms with Gasteiger partial charge in [-0.15, -0.1) is 0 Å². The van der Waals surface area contributed by atoms with Crippen LogP contribution in [0.3, 0.4) is 0 Å². The van der Waals surface area contributed by atoms with Gasteiger partial charge in [0.25, 0.3) is 5.56 Å². The summed E-state index contributed by atoms with van der Waals surface area (Å²) in [5, 5.41) is 4.05. The molecule has 0 fully saturated rings. The van der Waals surface area contributed by atoms with E-state index in [1.165, 1.54) is 21.9 Å². The molecule has 2 aromatic carbocycles. The number of hydrogen-bond donors (Lipinski definition) is 1. The summed E-state index contributed by atoms with van der Waals surface area (Å²) >= 11 is 0. The molecule has 0 aliphatic heterocycles. The number of carbonyl (C=O) groups is 1. The highest BCUT2D eigenvalue weighted by atomic mass is 16.5. The number of anilines is 3. The minimum atomic E-state index is -0.296. The first-order valence-electron chi connectivity index (χ1n) is 10.1. The van der Waals surface area contributed by atoms with E-state index in [1.807, 2.05) is 30.3 Å². The van der Waals surface area contributed by atoms with Crippen LogP contribution in [0.2, 0.25) is 0 Å². The zero-order chi connectivity index (χ0) is 23.4. The van der Waals surface area contributed by atoms with E-state index in [1.54, 1.807) is 45.4 Å². The van der Waals surface area contributed by atoms with Crippen LogP contribution in [0.5, 0.6) is 11.5 Å². The van der Waals surface area contributed by atoms with Gasteiger partial charge >= 0.3 is 5.91 Å². The third-order valence-corrected chi connectivity index (χ3v) is 4.97. The Morgan fingerprint density at radius 1 is 1.06 bits per heavy atom. The first-order valence-corrected chi connectivity index (χ1v) is 10.1. The van der Waals surface area contributed by atoms with Crippen LogP contribution in [0.1, 0.15) is 6.92 Å². The molecule has 2 aromatic heterocycles. The van der Waals surface area contributed by atoms with Gasteiger partial charge in [-0.05, 0) is 61.4 Å². The van der Waals surface area contributed by atoms with Gasteiger partial charge in [0.05, 0.1) is 5.52 Å². The lowest BCUT2D eigenvalue weighted by molar-refractivity contribution is -0.113. The molecule has 164 valence electrons. The summed E-state index contributed by atoms with van der Waals surface area (Å²) in [6.45, 7) is 1.62. The van der Waals surface area contributed by atoms with Crippen LogP contribution >= 0.6 is 0 Å². The molecule has 33 heavy (non-hydrogen) atoms. The Bertz CT molecular complexity index is 1450. The number of fused-ring (bicyclic) bond motifs is 1. The summed E-state index contributed by atoms with van der Waals surface area (Å²) in [4.78, 5) is 34.1. The molecule has 2 heterocycles. The zero-order valence-electron chi connectivity index (χ0n) is 18.4. The van der Waals surface area contributed by atoms with Crippen molar-refractivity contribution in [1.82, 2.24) is 14.5 Å². The summed E-state index contributed by atoms with van der Waals surface area (Å²) < 4.78 is 7.23. The van der Waals surface area contributed by atoms with Gasteiger partial charge in [-0.25, -0.2) is 9.97 Å². The second kappa shape index (κ2) is 9.24. The average Bonchev–Trinajstić information content (AvgIpc) is 2.82. The Labute approximate surface area is 190 Å². The van der Waals surface area contributed by atoms with Gasteiger partial charge in [-0.3, -0.25) is 9.59 Å². The minimum Gasteiger partial charge on any atom is -0.457 e. The Morgan fingerprint density at radius 2 is 1.85 bits per heavy atom. The minimum absolute atomic E-state index is 0.144. The van der Waals surface area contributed by atoms with Crippen LogP contribution in [0.4, 0.5) is 17.2 Å². The molecule has 4 rings (SSSR count). The molecule has 4 aromatic rings. The number of hydrogen-bond acceptors (Lipinski definition) is 6. The highest BCUT2D eigenvalue weighted by molar-refractivity contribution is 6.06. The first-order chi connectivity index (χ1) is 15.9. The molecule has 0 radical (unpaired) electrons. The van der Waals surface area contributed by atoms with Crippen molar-refractivity contribution < 1.29 is 9.53 Å². The maximum absolute atomic E-state index is 12.1. The lowest BCUT2D eigenvalue weighted by atomic mass is 10.2. The second-order valence-corrected chi connectivity index (χ2v) is 7.23. The summed E-state index contributed by atoms with van der Waals surface area (Å²) in [6, 6.07) is 16.0. The van der Waals surface area contributed by atoms with E-state index in [4.69, 9.17) is 4.74 Å². The predicted octanol–water partition coefficient (Wildman–Crippen LogP) is 3.85. The molecule has 0 atom stereocenters. The molecule has 0 spiro atoms. The molecule has 0 saturated heterocycles. The van der Waals surface area contributed by atoms with Crippen LogP contribution in [0, 0.1) is 11.8 Å². The third-order valence-electron chi connectivity index (χ3n) is 4.97. The first kappa shape index (κ1) is 21.6. The van der Waals surface area contributed by atoms with Gasteiger partial charge in [0.1, 0.15) is 23.6 Å². The van der Waals surface area contributed by atoms with Gasteiger partial charge in [-0.2, -0.15) is 0 Å². The highest BCUT2D eigenvalue weighted by Gasteiger charge is 2.12. The van der Waals surface area contributed by atoms with E-state index in [2.05, 4.69) is 27.1 Å². The second-order valence-electron chi connectivity index (χ2n) is 7.23. The van der Waals surface area contributed by atoms with Crippen LogP contribution in [-0.4, -0.2) is 27.5 Å². The van der Waals surface area contributed by atoms with Gasteiger partial charge in [-0.1, -0.05) is 5.92 Å². The largest absolute Gasteiger partial charge is 0.457 e. The van der Waals surface area contributed by atoms with Gasteiger partial charge in [0, 0.05) is 43.1 Å². The van der Waals surface area contributed by atoms with E-state index in [0.717, 1.165) is 16.6 Å². The normalized spacial score (nSPS) is 10.3. The third kappa shape index (κ3) is 4.83.